The zero-order valence-electron chi connectivity index (χ0n) is 11.2. The molecule has 1 aliphatic carbocycles. The predicted molar refractivity (Wildman–Crippen MR) is 81.0 cm³/mol. The number of benzene rings is 1. The quantitative estimate of drug-likeness (QED) is 0.796. The summed E-state index contributed by atoms with van der Waals surface area (Å²) in [6.07, 6.45) is 3.87. The van der Waals surface area contributed by atoms with E-state index in [2.05, 4.69) is 10.3 Å². The Balaban J connectivity index is 1.72. The van der Waals surface area contributed by atoms with Gasteiger partial charge in [-0.15, -0.1) is 0 Å². The molecule has 3 rings (SSSR count). The van der Waals surface area contributed by atoms with E-state index < -0.39 is 0 Å². The molecule has 2 aromatic rings. The van der Waals surface area contributed by atoms with Crippen LogP contribution in [0.5, 0.6) is 0 Å². The van der Waals surface area contributed by atoms with Crippen LogP contribution in [-0.2, 0) is 0 Å². The molecule has 1 aromatic heterocycles. The highest BCUT2D eigenvalue weighted by Crippen LogP contribution is 2.21. The first-order valence-electron chi connectivity index (χ1n) is 6.96. The van der Waals surface area contributed by atoms with Crippen molar-refractivity contribution >= 4 is 28.4 Å². The van der Waals surface area contributed by atoms with Crippen LogP contribution in [0, 0.1) is 0 Å². The molecule has 0 spiro atoms. The average molecular weight is 292 g/mol. The Morgan fingerprint density at radius 2 is 2.00 bits per heavy atom. The summed E-state index contributed by atoms with van der Waals surface area (Å²) >= 11 is 5.95. The molecule has 20 heavy (non-hydrogen) atoms. The van der Waals surface area contributed by atoms with Gasteiger partial charge in [-0.2, -0.15) is 0 Å². The molecular formula is C15H18ClN3O. The molecule has 1 aromatic carbocycles. The average Bonchev–Trinajstić information content (AvgIpc) is 2.84. The van der Waals surface area contributed by atoms with Crippen molar-refractivity contribution in [3.8, 4) is 0 Å². The minimum Gasteiger partial charge on any atom is -0.351 e. The highest BCUT2D eigenvalue weighted by atomic mass is 35.5. The van der Waals surface area contributed by atoms with Gasteiger partial charge in [0.2, 0.25) is 0 Å². The fourth-order valence-electron chi connectivity index (χ4n) is 2.75. The Bertz CT molecular complexity index is 629. The lowest BCUT2D eigenvalue weighted by Crippen LogP contribution is -2.40. The Kier molecular flexibility index (Phi) is 3.68. The monoisotopic (exact) mass is 291 g/mol. The van der Waals surface area contributed by atoms with E-state index in [-0.39, 0.29) is 11.9 Å². The van der Waals surface area contributed by atoms with E-state index in [1.54, 1.807) is 0 Å². The number of H-pyrrole nitrogens is 1. The van der Waals surface area contributed by atoms with E-state index >= 15 is 0 Å². The van der Waals surface area contributed by atoms with Crippen LogP contribution in [0.1, 0.15) is 36.2 Å². The molecular weight excluding hydrogens is 274 g/mol. The second kappa shape index (κ2) is 5.46. The van der Waals surface area contributed by atoms with Crippen molar-refractivity contribution in [2.24, 2.45) is 5.73 Å². The fourth-order valence-corrected chi connectivity index (χ4v) is 2.93. The van der Waals surface area contributed by atoms with E-state index in [0.717, 1.165) is 36.6 Å². The Hall–Kier alpha value is -1.52. The van der Waals surface area contributed by atoms with Gasteiger partial charge in [0.25, 0.3) is 5.91 Å². The normalized spacial score (nSPS) is 22.9. The molecule has 106 valence electrons. The smallest absolute Gasteiger partial charge is 0.267 e. The van der Waals surface area contributed by atoms with E-state index in [9.17, 15) is 4.79 Å². The van der Waals surface area contributed by atoms with Gasteiger partial charge in [-0.25, -0.2) is 0 Å². The van der Waals surface area contributed by atoms with Crippen LogP contribution in [0.2, 0.25) is 5.02 Å². The maximum absolute atomic E-state index is 12.2. The second-order valence-corrected chi connectivity index (χ2v) is 5.94. The number of hydrogen-bond donors (Lipinski definition) is 3. The summed E-state index contributed by atoms with van der Waals surface area (Å²) in [6, 6.07) is 7.91. The minimum atomic E-state index is -0.0576. The van der Waals surface area contributed by atoms with Gasteiger partial charge in [-0.1, -0.05) is 11.6 Å². The number of aromatic amines is 1. The number of hydrogen-bond acceptors (Lipinski definition) is 2. The molecule has 1 aliphatic rings. The summed E-state index contributed by atoms with van der Waals surface area (Å²) in [5.41, 5.74) is 7.37. The summed E-state index contributed by atoms with van der Waals surface area (Å²) in [4.78, 5) is 15.4. The first-order valence-corrected chi connectivity index (χ1v) is 7.34. The van der Waals surface area contributed by atoms with Crippen molar-refractivity contribution < 1.29 is 4.79 Å². The second-order valence-electron chi connectivity index (χ2n) is 5.50. The van der Waals surface area contributed by atoms with Crippen molar-refractivity contribution in [1.29, 1.82) is 0 Å². The molecule has 0 bridgehead atoms. The van der Waals surface area contributed by atoms with Gasteiger partial charge < -0.3 is 16.0 Å². The molecule has 1 fully saturated rings. The number of nitrogens with two attached hydrogens (primary N) is 1. The third-order valence-corrected chi connectivity index (χ3v) is 4.17. The fraction of sp³-hybridized carbons (Fsp3) is 0.400. The van der Waals surface area contributed by atoms with Crippen molar-refractivity contribution in [3.63, 3.8) is 0 Å². The van der Waals surface area contributed by atoms with Crippen LogP contribution in [0.15, 0.2) is 24.3 Å². The minimum absolute atomic E-state index is 0.0576. The molecule has 4 N–H and O–H groups in total. The molecule has 0 unspecified atom stereocenters. The predicted octanol–water partition coefficient (Wildman–Crippen LogP) is 2.82. The van der Waals surface area contributed by atoms with Crippen molar-refractivity contribution in [3.05, 3.63) is 35.0 Å². The van der Waals surface area contributed by atoms with E-state index in [4.69, 9.17) is 17.3 Å². The summed E-state index contributed by atoms with van der Waals surface area (Å²) in [5, 5.41) is 4.70. The Morgan fingerprint density at radius 3 is 2.75 bits per heavy atom. The Labute approximate surface area is 122 Å². The van der Waals surface area contributed by atoms with Crippen molar-refractivity contribution in [2.75, 3.05) is 0 Å². The first kappa shape index (κ1) is 13.5. The molecule has 0 saturated heterocycles. The molecule has 0 atom stereocenters. The zero-order valence-corrected chi connectivity index (χ0v) is 11.9. The zero-order chi connectivity index (χ0) is 14.1. The topological polar surface area (TPSA) is 70.9 Å². The molecule has 0 aliphatic heterocycles. The molecule has 1 amide bonds. The van der Waals surface area contributed by atoms with Crippen molar-refractivity contribution in [1.82, 2.24) is 10.3 Å². The van der Waals surface area contributed by atoms with Gasteiger partial charge in [0, 0.05) is 28.0 Å². The number of carbonyl (C=O) groups is 1. The lowest BCUT2D eigenvalue weighted by Gasteiger charge is -2.26. The molecule has 5 heteroatoms. The van der Waals surface area contributed by atoms with E-state index in [0.29, 0.717) is 16.8 Å². The molecule has 4 nitrogen and oxygen atoms in total. The van der Waals surface area contributed by atoms with Crippen LogP contribution in [-0.4, -0.2) is 23.0 Å². The lowest BCUT2D eigenvalue weighted by atomic mass is 9.92. The van der Waals surface area contributed by atoms with Crippen LogP contribution in [0.4, 0.5) is 0 Å². The number of rotatable bonds is 2. The SMILES string of the molecule is N[C@H]1CC[C@H](NC(=O)c2cc3cc(Cl)ccc3[nH]2)CC1. The van der Waals surface area contributed by atoms with Gasteiger partial charge in [0.05, 0.1) is 0 Å². The summed E-state index contributed by atoms with van der Waals surface area (Å²) in [6.45, 7) is 0. The standard InChI is InChI=1S/C15H18ClN3O/c16-10-1-6-13-9(7-10)8-14(19-13)15(20)18-12-4-2-11(17)3-5-12/h1,6-8,11-12,19H,2-5,17H2,(H,18,20)/t11-,12-. The third kappa shape index (κ3) is 2.81. The molecule has 1 heterocycles. The number of amides is 1. The highest BCUT2D eigenvalue weighted by molar-refractivity contribution is 6.31. The maximum Gasteiger partial charge on any atom is 0.267 e. The Morgan fingerprint density at radius 1 is 1.25 bits per heavy atom. The summed E-state index contributed by atoms with van der Waals surface area (Å²) < 4.78 is 0. The number of halogens is 1. The van der Waals surface area contributed by atoms with Gasteiger partial charge in [-0.3, -0.25) is 4.79 Å². The summed E-state index contributed by atoms with van der Waals surface area (Å²) in [7, 11) is 0. The van der Waals surface area contributed by atoms with Gasteiger partial charge >= 0.3 is 0 Å². The van der Waals surface area contributed by atoms with Crippen LogP contribution in [0.25, 0.3) is 10.9 Å². The maximum atomic E-state index is 12.2. The van der Waals surface area contributed by atoms with Crippen LogP contribution >= 0.6 is 11.6 Å². The van der Waals surface area contributed by atoms with Crippen LogP contribution < -0.4 is 11.1 Å². The number of nitrogens with one attached hydrogen (secondary N) is 2. The van der Waals surface area contributed by atoms with Crippen molar-refractivity contribution in [2.45, 2.75) is 37.8 Å². The first-order chi connectivity index (χ1) is 9.61. The molecule has 0 radical (unpaired) electrons. The number of carbonyl (C=O) groups excluding carboxylic acids is 1. The summed E-state index contributed by atoms with van der Waals surface area (Å²) in [5.74, 6) is -0.0576. The van der Waals surface area contributed by atoms with E-state index in [1.807, 2.05) is 24.3 Å². The van der Waals surface area contributed by atoms with Crippen LogP contribution in [0.3, 0.4) is 0 Å². The lowest BCUT2D eigenvalue weighted by molar-refractivity contribution is 0.0921. The molecule has 1 saturated carbocycles. The van der Waals surface area contributed by atoms with E-state index in [1.165, 1.54) is 0 Å². The number of fused-ring (bicyclic) bond motifs is 1. The third-order valence-electron chi connectivity index (χ3n) is 3.93. The largest absolute Gasteiger partial charge is 0.351 e. The van der Waals surface area contributed by atoms with Gasteiger partial charge in [0.15, 0.2) is 0 Å². The van der Waals surface area contributed by atoms with Gasteiger partial charge in [-0.05, 0) is 49.9 Å². The highest BCUT2D eigenvalue weighted by Gasteiger charge is 2.21. The van der Waals surface area contributed by atoms with Gasteiger partial charge in [0.1, 0.15) is 5.69 Å². The number of aromatic nitrogens is 1.